The van der Waals surface area contributed by atoms with E-state index in [-0.39, 0.29) is 22.6 Å². The second kappa shape index (κ2) is 8.31. The molecule has 0 amide bonds. The first kappa shape index (κ1) is 18.7. The van der Waals surface area contributed by atoms with E-state index in [4.69, 9.17) is 0 Å². The first-order chi connectivity index (χ1) is 10.1. The van der Waals surface area contributed by atoms with Crippen LogP contribution in [0, 0.1) is 0 Å². The van der Waals surface area contributed by atoms with Crippen molar-refractivity contribution < 1.29 is 17.9 Å². The van der Waals surface area contributed by atoms with Gasteiger partial charge in [0.25, 0.3) is 0 Å². The molecule has 1 N–H and O–H groups in total. The summed E-state index contributed by atoms with van der Waals surface area (Å²) in [5.41, 5.74) is 0.515. The molecule has 0 spiro atoms. The quantitative estimate of drug-likeness (QED) is 0.665. The number of nitrogens with one attached hydrogen (secondary N) is 1. The number of hydrogen-bond donors (Lipinski definition) is 1. The molecule has 1 saturated heterocycles. The van der Waals surface area contributed by atoms with E-state index in [0.717, 1.165) is 0 Å². The first-order valence-corrected chi connectivity index (χ1v) is 8.40. The molecule has 0 bridgehead atoms. The first-order valence-electron chi connectivity index (χ1n) is 6.85. The van der Waals surface area contributed by atoms with Gasteiger partial charge in [-0.1, -0.05) is 18.2 Å². The number of rotatable bonds is 4. The zero-order chi connectivity index (χ0) is 15.3. The number of carbonyl (C=O) groups is 1. The molecule has 1 aromatic carbocycles. The Labute approximate surface area is 137 Å². The highest BCUT2D eigenvalue weighted by atomic mass is 35.5. The van der Waals surface area contributed by atoms with Crippen LogP contribution in [-0.4, -0.2) is 39.8 Å². The lowest BCUT2D eigenvalue weighted by atomic mass is 10.2. The van der Waals surface area contributed by atoms with Gasteiger partial charge in [-0.05, 0) is 43.6 Å². The summed E-state index contributed by atoms with van der Waals surface area (Å²) in [4.78, 5) is 11.5. The average Bonchev–Trinajstić information content (AvgIpc) is 2.53. The third-order valence-electron chi connectivity index (χ3n) is 3.55. The number of benzene rings is 1. The van der Waals surface area contributed by atoms with Crippen LogP contribution in [0.5, 0.6) is 0 Å². The molecule has 1 aromatic rings. The number of ether oxygens (including phenoxy) is 1. The lowest BCUT2D eigenvalue weighted by molar-refractivity contribution is -0.134. The number of methoxy groups -OCH3 is 1. The molecule has 0 aliphatic carbocycles. The van der Waals surface area contributed by atoms with Crippen molar-refractivity contribution in [3.63, 3.8) is 0 Å². The van der Waals surface area contributed by atoms with Gasteiger partial charge in [0.2, 0.25) is 0 Å². The molecule has 22 heavy (non-hydrogen) atoms. The van der Waals surface area contributed by atoms with Gasteiger partial charge in [0.05, 0.1) is 17.3 Å². The van der Waals surface area contributed by atoms with Crippen LogP contribution in [0.2, 0.25) is 0 Å². The summed E-state index contributed by atoms with van der Waals surface area (Å²) < 4.78 is 30.0. The maximum atomic E-state index is 12.7. The third kappa shape index (κ3) is 4.32. The van der Waals surface area contributed by atoms with Crippen molar-refractivity contribution in [3.8, 4) is 0 Å². The van der Waals surface area contributed by atoms with Gasteiger partial charge in [-0.25, -0.2) is 13.2 Å². The minimum Gasteiger partial charge on any atom is -0.466 e. The van der Waals surface area contributed by atoms with Crippen LogP contribution in [-0.2, 0) is 19.4 Å². The number of carbonyl (C=O) groups excluding carboxylic acids is 1. The summed E-state index contributed by atoms with van der Waals surface area (Å²) in [6.07, 6.45) is 3.94. The molecule has 1 aliphatic rings. The minimum absolute atomic E-state index is 0. The molecule has 122 valence electrons. The van der Waals surface area contributed by atoms with Gasteiger partial charge in [-0.15, -0.1) is 12.4 Å². The number of halogens is 1. The van der Waals surface area contributed by atoms with E-state index in [9.17, 15) is 13.2 Å². The fourth-order valence-corrected chi connectivity index (χ4v) is 4.34. The Hall–Kier alpha value is -1.37. The van der Waals surface area contributed by atoms with Crippen molar-refractivity contribution >= 4 is 34.3 Å². The van der Waals surface area contributed by atoms with Crippen LogP contribution in [0.3, 0.4) is 0 Å². The average molecular weight is 346 g/mol. The van der Waals surface area contributed by atoms with Crippen molar-refractivity contribution in [2.75, 3.05) is 20.2 Å². The molecule has 0 unspecified atom stereocenters. The number of sulfone groups is 1. The number of hydrogen-bond acceptors (Lipinski definition) is 5. The second-order valence-electron chi connectivity index (χ2n) is 4.89. The fourth-order valence-electron chi connectivity index (χ4n) is 2.39. The molecule has 1 fully saturated rings. The number of piperidine rings is 1. The van der Waals surface area contributed by atoms with Gasteiger partial charge < -0.3 is 10.1 Å². The van der Waals surface area contributed by atoms with E-state index in [1.807, 2.05) is 0 Å². The Morgan fingerprint density at radius 3 is 2.55 bits per heavy atom. The van der Waals surface area contributed by atoms with Crippen molar-refractivity contribution in [1.82, 2.24) is 5.32 Å². The Morgan fingerprint density at radius 2 is 1.91 bits per heavy atom. The molecular weight excluding hydrogens is 326 g/mol. The van der Waals surface area contributed by atoms with Crippen molar-refractivity contribution in [3.05, 3.63) is 35.9 Å². The molecule has 0 aromatic heterocycles. The van der Waals surface area contributed by atoms with E-state index in [1.165, 1.54) is 19.3 Å². The van der Waals surface area contributed by atoms with Crippen LogP contribution in [0.4, 0.5) is 0 Å². The predicted octanol–water partition coefficient (Wildman–Crippen LogP) is 1.82. The SMILES string of the molecule is COC(=O)/C=C/c1ccccc1S(=O)(=O)C1CCNCC1.Cl. The van der Waals surface area contributed by atoms with E-state index >= 15 is 0 Å². The summed E-state index contributed by atoms with van der Waals surface area (Å²) in [7, 11) is -2.11. The summed E-state index contributed by atoms with van der Waals surface area (Å²) >= 11 is 0. The summed E-state index contributed by atoms with van der Waals surface area (Å²) in [6, 6.07) is 6.73. The van der Waals surface area contributed by atoms with Crippen LogP contribution in [0.25, 0.3) is 6.08 Å². The summed E-state index contributed by atoms with van der Waals surface area (Å²) in [6.45, 7) is 1.42. The molecule has 1 aliphatic heterocycles. The van der Waals surface area contributed by atoms with Crippen molar-refractivity contribution in [2.24, 2.45) is 0 Å². The molecular formula is C15H20ClNO4S. The highest BCUT2D eigenvalue weighted by molar-refractivity contribution is 7.92. The van der Waals surface area contributed by atoms with Gasteiger partial charge >= 0.3 is 5.97 Å². The molecule has 0 radical (unpaired) electrons. The van der Waals surface area contributed by atoms with E-state index in [1.54, 1.807) is 24.3 Å². The second-order valence-corrected chi connectivity index (χ2v) is 7.09. The molecule has 5 nitrogen and oxygen atoms in total. The Bertz CT molecular complexity index is 637. The van der Waals surface area contributed by atoms with E-state index in [2.05, 4.69) is 10.1 Å². The number of esters is 1. The van der Waals surface area contributed by atoms with Crippen molar-refractivity contribution in [1.29, 1.82) is 0 Å². The van der Waals surface area contributed by atoms with Gasteiger partial charge in [0.1, 0.15) is 0 Å². The predicted molar refractivity (Wildman–Crippen MR) is 87.8 cm³/mol. The molecule has 7 heteroatoms. The molecule has 1 heterocycles. The maximum Gasteiger partial charge on any atom is 0.330 e. The van der Waals surface area contributed by atoms with Gasteiger partial charge in [0, 0.05) is 6.08 Å². The summed E-state index contributed by atoms with van der Waals surface area (Å²) in [5.74, 6) is -0.510. The Morgan fingerprint density at radius 1 is 1.27 bits per heavy atom. The smallest absolute Gasteiger partial charge is 0.330 e. The van der Waals surface area contributed by atoms with Crippen LogP contribution in [0.15, 0.2) is 35.2 Å². The Balaban J connectivity index is 0.00000242. The Kier molecular flexibility index (Phi) is 7.06. The third-order valence-corrected chi connectivity index (χ3v) is 5.88. The zero-order valence-electron chi connectivity index (χ0n) is 12.3. The van der Waals surface area contributed by atoms with Crippen LogP contribution in [0.1, 0.15) is 18.4 Å². The fraction of sp³-hybridized carbons (Fsp3) is 0.400. The lowest BCUT2D eigenvalue weighted by Gasteiger charge is -2.23. The van der Waals surface area contributed by atoms with Gasteiger partial charge in [-0.2, -0.15) is 0 Å². The largest absolute Gasteiger partial charge is 0.466 e. The topological polar surface area (TPSA) is 72.5 Å². The summed E-state index contributed by atoms with van der Waals surface area (Å²) in [5, 5.41) is 2.79. The highest BCUT2D eigenvalue weighted by Gasteiger charge is 2.30. The van der Waals surface area contributed by atoms with E-state index < -0.39 is 15.8 Å². The van der Waals surface area contributed by atoms with E-state index in [0.29, 0.717) is 31.5 Å². The molecule has 0 saturated carbocycles. The van der Waals surface area contributed by atoms with Crippen molar-refractivity contribution in [2.45, 2.75) is 23.0 Å². The highest BCUT2D eigenvalue weighted by Crippen LogP contribution is 2.26. The zero-order valence-corrected chi connectivity index (χ0v) is 14.0. The normalized spacial score (nSPS) is 16.2. The molecule has 0 atom stereocenters. The van der Waals surface area contributed by atoms with Crippen LogP contribution >= 0.6 is 12.4 Å². The monoisotopic (exact) mass is 345 g/mol. The standard InChI is InChI=1S/C15H19NO4S.ClH/c1-20-15(17)7-6-12-4-2-3-5-14(12)21(18,19)13-8-10-16-11-9-13;/h2-7,13,16H,8-11H2,1H3;1H/b7-6+;. The lowest BCUT2D eigenvalue weighted by Crippen LogP contribution is -2.36. The van der Waals surface area contributed by atoms with Crippen LogP contribution < -0.4 is 5.32 Å². The van der Waals surface area contributed by atoms with Gasteiger partial charge in [0.15, 0.2) is 9.84 Å². The van der Waals surface area contributed by atoms with Gasteiger partial charge in [-0.3, -0.25) is 0 Å². The maximum absolute atomic E-state index is 12.7. The molecule has 2 rings (SSSR count). The minimum atomic E-state index is -3.39.